The molecule has 0 saturated carbocycles. The Hall–Kier alpha value is -7.42. The number of furan rings is 1. The fourth-order valence-electron chi connectivity index (χ4n) is 9.36. The summed E-state index contributed by atoms with van der Waals surface area (Å²) in [5.74, 6) is 0. The number of para-hydroxylation sites is 1. The topological polar surface area (TPSA) is 16.4 Å². The van der Waals surface area contributed by atoms with Crippen LogP contribution in [0.1, 0.15) is 25.0 Å². The summed E-state index contributed by atoms with van der Waals surface area (Å²) in [4.78, 5) is 2.43. The lowest BCUT2D eigenvalue weighted by molar-refractivity contribution is 0.660. The van der Waals surface area contributed by atoms with Crippen LogP contribution >= 0.6 is 0 Å². The number of hydrogen-bond acceptors (Lipinski definition) is 2. The van der Waals surface area contributed by atoms with E-state index in [-0.39, 0.29) is 5.41 Å². The first-order valence-electron chi connectivity index (χ1n) is 20.4. The van der Waals surface area contributed by atoms with Crippen LogP contribution in [-0.2, 0) is 5.41 Å². The molecule has 59 heavy (non-hydrogen) atoms. The molecule has 11 rings (SSSR count). The zero-order chi connectivity index (χ0) is 39.5. The van der Waals surface area contributed by atoms with Crippen molar-refractivity contribution in [1.82, 2.24) is 0 Å². The van der Waals surface area contributed by atoms with Crippen LogP contribution in [0.15, 0.2) is 217 Å². The van der Waals surface area contributed by atoms with Crippen molar-refractivity contribution in [3.63, 3.8) is 0 Å². The van der Waals surface area contributed by atoms with Gasteiger partial charge < -0.3 is 9.32 Å². The largest absolute Gasteiger partial charge is 0.455 e. The molecule has 0 atom stereocenters. The summed E-state index contributed by atoms with van der Waals surface area (Å²) in [5, 5.41) is 2.21. The van der Waals surface area contributed by atoms with E-state index in [0.29, 0.717) is 0 Å². The highest BCUT2D eigenvalue weighted by Crippen LogP contribution is 2.52. The monoisotopic (exact) mass is 755 g/mol. The Morgan fingerprint density at radius 3 is 1.63 bits per heavy atom. The lowest BCUT2D eigenvalue weighted by atomic mass is 9.82. The molecule has 0 amide bonds. The predicted octanol–water partition coefficient (Wildman–Crippen LogP) is 16.0. The molecule has 1 aliphatic carbocycles. The summed E-state index contributed by atoms with van der Waals surface area (Å²) in [6.07, 6.45) is 0. The van der Waals surface area contributed by atoms with Crippen molar-refractivity contribution in [3.05, 3.63) is 223 Å². The number of anilines is 3. The average Bonchev–Trinajstić information content (AvgIpc) is 3.79. The van der Waals surface area contributed by atoms with E-state index in [0.717, 1.165) is 50.1 Å². The molecule has 0 N–H and O–H groups in total. The van der Waals surface area contributed by atoms with Gasteiger partial charge in [-0.2, -0.15) is 0 Å². The van der Waals surface area contributed by atoms with Crippen LogP contribution in [0.25, 0.3) is 77.6 Å². The molecule has 1 aromatic heterocycles. The molecule has 0 fully saturated rings. The second-order valence-corrected chi connectivity index (χ2v) is 16.1. The fourth-order valence-corrected chi connectivity index (χ4v) is 9.36. The summed E-state index contributed by atoms with van der Waals surface area (Å²) in [6, 6.07) is 76.8. The zero-order valence-corrected chi connectivity index (χ0v) is 33.1. The minimum Gasteiger partial charge on any atom is -0.455 e. The molecule has 0 aliphatic heterocycles. The summed E-state index contributed by atoms with van der Waals surface area (Å²) in [7, 11) is 0. The Kier molecular flexibility index (Phi) is 8.20. The highest BCUT2D eigenvalue weighted by molar-refractivity contribution is 6.13. The van der Waals surface area contributed by atoms with Gasteiger partial charge in [-0.15, -0.1) is 0 Å². The second-order valence-electron chi connectivity index (χ2n) is 16.1. The van der Waals surface area contributed by atoms with Crippen molar-refractivity contribution < 1.29 is 4.42 Å². The molecule has 9 aromatic carbocycles. The van der Waals surface area contributed by atoms with Gasteiger partial charge in [0.2, 0.25) is 0 Å². The Bertz CT molecular complexity index is 3160. The summed E-state index contributed by atoms with van der Waals surface area (Å²) < 4.78 is 6.87. The molecule has 280 valence electrons. The molecular formula is C57H41NO. The van der Waals surface area contributed by atoms with E-state index in [1.807, 2.05) is 6.07 Å². The van der Waals surface area contributed by atoms with E-state index < -0.39 is 0 Å². The normalized spacial score (nSPS) is 12.7. The van der Waals surface area contributed by atoms with Crippen molar-refractivity contribution in [2.24, 2.45) is 0 Å². The van der Waals surface area contributed by atoms with Gasteiger partial charge in [0.05, 0.1) is 5.69 Å². The first-order chi connectivity index (χ1) is 29.0. The van der Waals surface area contributed by atoms with E-state index in [2.05, 4.69) is 225 Å². The average molecular weight is 756 g/mol. The highest BCUT2D eigenvalue weighted by atomic mass is 16.3. The Labute approximate surface area is 345 Å². The quantitative estimate of drug-likeness (QED) is 0.161. The molecule has 2 nitrogen and oxygen atoms in total. The SMILES string of the molecule is CC1(C)c2ccccc2-c2ccc(N(c3ccc(-c4ccccc4-c4ccccc4)cc3)c3ccc4c(oc5ccccc54)c3-c3ccc(-c4ccccc4)cc3)cc21. The van der Waals surface area contributed by atoms with E-state index in [1.165, 1.54) is 55.6 Å². The molecule has 2 heteroatoms. The van der Waals surface area contributed by atoms with Crippen molar-refractivity contribution >= 4 is 39.0 Å². The number of benzene rings is 9. The van der Waals surface area contributed by atoms with Crippen molar-refractivity contribution in [2.45, 2.75) is 19.3 Å². The van der Waals surface area contributed by atoms with Crippen LogP contribution in [-0.4, -0.2) is 0 Å². The molecule has 0 bridgehead atoms. The van der Waals surface area contributed by atoms with Gasteiger partial charge in [0, 0.05) is 33.1 Å². The number of hydrogen-bond donors (Lipinski definition) is 0. The first-order valence-corrected chi connectivity index (χ1v) is 20.4. The van der Waals surface area contributed by atoms with Crippen LogP contribution in [0.2, 0.25) is 0 Å². The number of nitrogens with zero attached hydrogens (tertiary/aromatic N) is 1. The highest BCUT2D eigenvalue weighted by Gasteiger charge is 2.36. The van der Waals surface area contributed by atoms with Gasteiger partial charge in [0.1, 0.15) is 11.2 Å². The minimum atomic E-state index is -0.155. The molecule has 0 radical (unpaired) electrons. The van der Waals surface area contributed by atoms with Gasteiger partial charge in [0.15, 0.2) is 0 Å². The molecular weight excluding hydrogens is 715 g/mol. The second kappa shape index (κ2) is 13.9. The predicted molar refractivity (Wildman–Crippen MR) is 248 cm³/mol. The van der Waals surface area contributed by atoms with Crippen molar-refractivity contribution in [2.75, 3.05) is 4.90 Å². The molecule has 1 aliphatic rings. The van der Waals surface area contributed by atoms with Crippen molar-refractivity contribution in [3.8, 4) is 55.6 Å². The molecule has 0 saturated heterocycles. The van der Waals surface area contributed by atoms with Crippen LogP contribution in [0.4, 0.5) is 17.1 Å². The fraction of sp³-hybridized carbons (Fsp3) is 0.0526. The smallest absolute Gasteiger partial charge is 0.145 e. The summed E-state index contributed by atoms with van der Waals surface area (Å²) >= 11 is 0. The maximum Gasteiger partial charge on any atom is 0.145 e. The van der Waals surface area contributed by atoms with Gasteiger partial charge in [-0.25, -0.2) is 0 Å². The lowest BCUT2D eigenvalue weighted by Gasteiger charge is -2.30. The van der Waals surface area contributed by atoms with Gasteiger partial charge >= 0.3 is 0 Å². The zero-order valence-electron chi connectivity index (χ0n) is 33.1. The van der Waals surface area contributed by atoms with E-state index in [1.54, 1.807) is 0 Å². The third-order valence-corrected chi connectivity index (χ3v) is 12.3. The van der Waals surface area contributed by atoms with Gasteiger partial charge in [-0.05, 0) is 104 Å². The summed E-state index contributed by atoms with van der Waals surface area (Å²) in [6.45, 7) is 4.70. The van der Waals surface area contributed by atoms with Gasteiger partial charge in [-0.3, -0.25) is 0 Å². The van der Waals surface area contributed by atoms with E-state index >= 15 is 0 Å². The number of fused-ring (bicyclic) bond motifs is 6. The Morgan fingerprint density at radius 2 is 0.898 bits per heavy atom. The lowest BCUT2D eigenvalue weighted by Crippen LogP contribution is -2.17. The van der Waals surface area contributed by atoms with E-state index in [9.17, 15) is 0 Å². The number of rotatable bonds is 7. The summed E-state index contributed by atoms with van der Waals surface area (Å²) in [5.41, 5.74) is 19.4. The third-order valence-electron chi connectivity index (χ3n) is 12.3. The first kappa shape index (κ1) is 34.8. The standard InChI is InChI=1S/C57H41NO/c1-57(2)51-23-13-11-21-47(51)48-34-33-44(37-52(48)57)58(43-31-29-41(30-32-43)46-20-10-9-19-45(46)40-17-7-4-8-18-40)53-36-35-50-49-22-12-14-24-54(49)59-56(50)55(53)42-27-25-39(26-28-42)38-15-5-3-6-16-38/h3-37H,1-2H3. The Balaban J connectivity index is 1.13. The van der Waals surface area contributed by atoms with Crippen LogP contribution in [0, 0.1) is 0 Å². The minimum absolute atomic E-state index is 0.155. The molecule has 1 heterocycles. The Morgan fingerprint density at radius 1 is 0.373 bits per heavy atom. The van der Waals surface area contributed by atoms with Gasteiger partial charge in [-0.1, -0.05) is 184 Å². The maximum absolute atomic E-state index is 6.87. The molecule has 0 spiro atoms. The van der Waals surface area contributed by atoms with Crippen molar-refractivity contribution in [1.29, 1.82) is 0 Å². The van der Waals surface area contributed by atoms with Gasteiger partial charge in [0.25, 0.3) is 0 Å². The molecule has 0 unspecified atom stereocenters. The van der Waals surface area contributed by atoms with Crippen LogP contribution < -0.4 is 4.90 Å². The van der Waals surface area contributed by atoms with Crippen LogP contribution in [0.5, 0.6) is 0 Å². The van der Waals surface area contributed by atoms with E-state index in [4.69, 9.17) is 4.42 Å². The third kappa shape index (κ3) is 5.79. The maximum atomic E-state index is 6.87. The van der Waals surface area contributed by atoms with Crippen LogP contribution in [0.3, 0.4) is 0 Å². The molecule has 10 aromatic rings.